The molecule has 2 rings (SSSR count). The predicted octanol–water partition coefficient (Wildman–Crippen LogP) is 5.65. The lowest BCUT2D eigenvalue weighted by molar-refractivity contribution is -0.131. The smallest absolute Gasteiger partial charge is 0.328 e. The molecule has 0 fully saturated rings. The van der Waals surface area contributed by atoms with E-state index in [2.05, 4.69) is 15.9 Å². The first kappa shape index (κ1) is 15.9. The Balaban J connectivity index is 2.37. The van der Waals surface area contributed by atoms with Crippen molar-refractivity contribution in [2.24, 2.45) is 0 Å². The Morgan fingerprint density at radius 3 is 2.43 bits per heavy atom. The minimum atomic E-state index is -1.03. The second-order valence-electron chi connectivity index (χ2n) is 4.06. The molecule has 0 aliphatic heterocycles. The van der Waals surface area contributed by atoms with Crippen molar-refractivity contribution in [3.8, 4) is 11.5 Å². The van der Waals surface area contributed by atoms with Gasteiger partial charge in [-0.25, -0.2) is 4.79 Å². The molecule has 0 aromatic heterocycles. The maximum absolute atomic E-state index is 10.6. The van der Waals surface area contributed by atoms with Gasteiger partial charge in [-0.3, -0.25) is 0 Å². The van der Waals surface area contributed by atoms with Crippen LogP contribution in [0.2, 0.25) is 10.0 Å². The summed E-state index contributed by atoms with van der Waals surface area (Å²) in [7, 11) is 0. The number of carboxylic acids is 1. The van der Waals surface area contributed by atoms with Crippen molar-refractivity contribution < 1.29 is 14.6 Å². The van der Waals surface area contributed by atoms with Crippen LogP contribution in [-0.2, 0) is 4.79 Å². The van der Waals surface area contributed by atoms with Crippen molar-refractivity contribution in [3.05, 3.63) is 62.6 Å². The quantitative estimate of drug-likeness (QED) is 0.690. The normalized spacial score (nSPS) is 10.8. The first-order valence-electron chi connectivity index (χ1n) is 5.78. The highest BCUT2D eigenvalue weighted by molar-refractivity contribution is 9.10. The van der Waals surface area contributed by atoms with Crippen molar-refractivity contribution in [3.63, 3.8) is 0 Å². The van der Waals surface area contributed by atoms with E-state index in [4.69, 9.17) is 33.0 Å². The van der Waals surface area contributed by atoms with Crippen LogP contribution < -0.4 is 4.74 Å². The second kappa shape index (κ2) is 6.98. The van der Waals surface area contributed by atoms with Gasteiger partial charge in [-0.2, -0.15) is 0 Å². The summed E-state index contributed by atoms with van der Waals surface area (Å²) < 4.78 is 6.55. The molecule has 2 aromatic rings. The van der Waals surface area contributed by atoms with Crippen LogP contribution in [-0.4, -0.2) is 11.1 Å². The molecule has 0 heterocycles. The Hall–Kier alpha value is -1.49. The van der Waals surface area contributed by atoms with Gasteiger partial charge >= 0.3 is 5.97 Å². The van der Waals surface area contributed by atoms with Crippen LogP contribution in [0.3, 0.4) is 0 Å². The molecule has 0 spiro atoms. The number of aliphatic carboxylic acids is 1. The average Bonchev–Trinajstić information content (AvgIpc) is 2.36. The third-order valence-corrected chi connectivity index (χ3v) is 3.37. The molecule has 0 unspecified atom stereocenters. The Morgan fingerprint density at radius 1 is 1.14 bits per heavy atom. The van der Waals surface area contributed by atoms with Crippen LogP contribution in [0.5, 0.6) is 11.5 Å². The van der Waals surface area contributed by atoms with Crippen molar-refractivity contribution in [2.75, 3.05) is 0 Å². The highest BCUT2D eigenvalue weighted by Crippen LogP contribution is 2.32. The minimum absolute atomic E-state index is 0.454. The molecular weight excluding hydrogens is 379 g/mol. The minimum Gasteiger partial charge on any atom is -0.478 e. The largest absolute Gasteiger partial charge is 0.478 e. The molecule has 0 radical (unpaired) electrons. The lowest BCUT2D eigenvalue weighted by atomic mass is 10.2. The van der Waals surface area contributed by atoms with Gasteiger partial charge in [0.15, 0.2) is 0 Å². The summed E-state index contributed by atoms with van der Waals surface area (Å²) in [5.41, 5.74) is 0.622. The van der Waals surface area contributed by atoms with E-state index in [0.29, 0.717) is 27.1 Å². The van der Waals surface area contributed by atoms with Crippen LogP contribution in [0.25, 0.3) is 6.08 Å². The lowest BCUT2D eigenvalue weighted by Gasteiger charge is -2.10. The summed E-state index contributed by atoms with van der Waals surface area (Å²) in [6.07, 6.45) is 2.50. The Morgan fingerprint density at radius 2 is 1.81 bits per heavy atom. The Labute approximate surface area is 139 Å². The van der Waals surface area contributed by atoms with Crippen molar-refractivity contribution in [1.29, 1.82) is 0 Å². The molecule has 0 saturated heterocycles. The van der Waals surface area contributed by atoms with E-state index < -0.39 is 5.97 Å². The van der Waals surface area contributed by atoms with E-state index in [9.17, 15) is 4.79 Å². The fourth-order valence-electron chi connectivity index (χ4n) is 1.61. The highest BCUT2D eigenvalue weighted by Gasteiger charge is 2.06. The average molecular weight is 388 g/mol. The van der Waals surface area contributed by atoms with Crippen LogP contribution in [0.1, 0.15) is 5.56 Å². The fraction of sp³-hybridized carbons (Fsp3) is 0. The molecule has 6 heteroatoms. The van der Waals surface area contributed by atoms with E-state index in [1.165, 1.54) is 6.08 Å². The van der Waals surface area contributed by atoms with E-state index in [-0.39, 0.29) is 0 Å². The summed E-state index contributed by atoms with van der Waals surface area (Å²) >= 11 is 15.2. The molecular formula is C15H9BrCl2O3. The zero-order chi connectivity index (χ0) is 15.4. The summed E-state index contributed by atoms with van der Waals surface area (Å²) in [6.45, 7) is 0. The summed E-state index contributed by atoms with van der Waals surface area (Å²) in [4.78, 5) is 10.6. The summed E-state index contributed by atoms with van der Waals surface area (Å²) in [5, 5.41) is 9.62. The van der Waals surface area contributed by atoms with Gasteiger partial charge in [-0.05, 0) is 36.4 Å². The third kappa shape index (κ3) is 4.77. The third-order valence-electron chi connectivity index (χ3n) is 2.44. The number of rotatable bonds is 4. The molecule has 0 saturated carbocycles. The van der Waals surface area contributed by atoms with Gasteiger partial charge in [0.05, 0.1) is 0 Å². The molecule has 3 nitrogen and oxygen atoms in total. The van der Waals surface area contributed by atoms with Gasteiger partial charge in [0.25, 0.3) is 0 Å². The molecule has 108 valence electrons. The molecule has 0 aliphatic rings. The van der Waals surface area contributed by atoms with E-state index in [0.717, 1.165) is 10.5 Å². The fourth-order valence-corrected chi connectivity index (χ4v) is 2.46. The monoisotopic (exact) mass is 386 g/mol. The molecule has 21 heavy (non-hydrogen) atoms. The molecule has 0 atom stereocenters. The van der Waals surface area contributed by atoms with Crippen molar-refractivity contribution in [2.45, 2.75) is 0 Å². The molecule has 0 aliphatic carbocycles. The van der Waals surface area contributed by atoms with Crippen LogP contribution in [0.15, 0.2) is 46.9 Å². The number of carbonyl (C=O) groups is 1. The van der Waals surface area contributed by atoms with Gasteiger partial charge in [0.1, 0.15) is 11.5 Å². The van der Waals surface area contributed by atoms with Gasteiger partial charge in [-0.15, -0.1) is 0 Å². The van der Waals surface area contributed by atoms with E-state index in [1.54, 1.807) is 36.4 Å². The maximum Gasteiger partial charge on any atom is 0.328 e. The zero-order valence-electron chi connectivity index (χ0n) is 10.5. The first-order chi connectivity index (χ1) is 9.94. The predicted molar refractivity (Wildman–Crippen MR) is 87.3 cm³/mol. The number of carboxylic acid groups (broad SMARTS) is 1. The number of halogens is 3. The van der Waals surface area contributed by atoms with E-state index in [1.807, 2.05) is 0 Å². The van der Waals surface area contributed by atoms with Crippen LogP contribution in [0, 0.1) is 0 Å². The van der Waals surface area contributed by atoms with Crippen LogP contribution >= 0.6 is 39.1 Å². The molecule has 0 bridgehead atoms. The highest BCUT2D eigenvalue weighted by atomic mass is 79.9. The Bertz CT molecular complexity index is 694. The van der Waals surface area contributed by atoms with Crippen LogP contribution in [0.4, 0.5) is 0 Å². The summed E-state index contributed by atoms with van der Waals surface area (Å²) in [5.74, 6) is -0.0783. The number of hydrogen-bond acceptors (Lipinski definition) is 2. The van der Waals surface area contributed by atoms with Crippen molar-refractivity contribution in [1.82, 2.24) is 0 Å². The lowest BCUT2D eigenvalue weighted by Crippen LogP contribution is -1.90. The number of ether oxygens (including phenoxy) is 1. The van der Waals surface area contributed by atoms with Crippen molar-refractivity contribution >= 4 is 51.2 Å². The van der Waals surface area contributed by atoms with Gasteiger partial charge < -0.3 is 9.84 Å². The van der Waals surface area contributed by atoms with Gasteiger partial charge in [-0.1, -0.05) is 45.2 Å². The maximum atomic E-state index is 10.6. The van der Waals surface area contributed by atoms with Gasteiger partial charge in [0.2, 0.25) is 0 Å². The first-order valence-corrected chi connectivity index (χ1v) is 7.33. The second-order valence-corrected chi connectivity index (χ2v) is 5.85. The zero-order valence-corrected chi connectivity index (χ0v) is 13.6. The molecule has 2 aromatic carbocycles. The number of hydrogen-bond donors (Lipinski definition) is 1. The Kier molecular flexibility index (Phi) is 5.28. The topological polar surface area (TPSA) is 46.5 Å². The van der Waals surface area contributed by atoms with E-state index >= 15 is 0 Å². The molecule has 1 N–H and O–H groups in total. The molecule has 0 amide bonds. The van der Waals surface area contributed by atoms with Gasteiger partial charge in [0, 0.05) is 26.2 Å². The summed E-state index contributed by atoms with van der Waals surface area (Å²) in [6, 6.07) is 10.1. The standard InChI is InChI=1S/C15H9BrCl2O3/c16-10-3-1-9(2-4-15(19)20)14(5-10)21-13-7-11(17)6-12(18)8-13/h1-8H,(H,19,20)/b4-2+. The SMILES string of the molecule is O=C(O)/C=C/c1ccc(Br)cc1Oc1cc(Cl)cc(Cl)c1. The number of benzene rings is 2.